The van der Waals surface area contributed by atoms with Gasteiger partial charge in [0.2, 0.25) is 0 Å². The Kier molecular flexibility index (Phi) is 7.37. The van der Waals surface area contributed by atoms with Gasteiger partial charge in [0.05, 0.1) is 13.1 Å². The van der Waals surface area contributed by atoms with Crippen LogP contribution in [-0.2, 0) is 22.7 Å². The van der Waals surface area contributed by atoms with E-state index in [1.54, 1.807) is 36.0 Å². The SMILES string of the molecule is CN=C(CN(Cc1nccn1CC(=O)O)C(C)C)N(C)CC(=O)O. The third kappa shape index (κ3) is 5.99. The van der Waals surface area contributed by atoms with Gasteiger partial charge in [-0.25, -0.2) is 4.98 Å². The van der Waals surface area contributed by atoms with Gasteiger partial charge < -0.3 is 19.7 Å². The Balaban J connectivity index is 2.86. The maximum absolute atomic E-state index is 10.9. The molecule has 0 atom stereocenters. The van der Waals surface area contributed by atoms with Crippen LogP contribution in [0.3, 0.4) is 0 Å². The number of hydrogen-bond acceptors (Lipinski definition) is 5. The molecule has 0 aliphatic heterocycles. The minimum Gasteiger partial charge on any atom is -0.480 e. The van der Waals surface area contributed by atoms with Crippen LogP contribution in [0.4, 0.5) is 0 Å². The Morgan fingerprint density at radius 1 is 1.29 bits per heavy atom. The lowest BCUT2D eigenvalue weighted by Crippen LogP contribution is -2.43. The van der Waals surface area contributed by atoms with E-state index in [4.69, 9.17) is 10.2 Å². The zero-order chi connectivity index (χ0) is 18.3. The van der Waals surface area contributed by atoms with Crippen LogP contribution < -0.4 is 0 Å². The molecule has 0 amide bonds. The summed E-state index contributed by atoms with van der Waals surface area (Å²) in [4.78, 5) is 33.8. The Hall–Kier alpha value is -2.42. The molecule has 24 heavy (non-hydrogen) atoms. The molecule has 0 bridgehead atoms. The molecule has 2 N–H and O–H groups in total. The first-order valence-electron chi connectivity index (χ1n) is 7.59. The smallest absolute Gasteiger partial charge is 0.323 e. The van der Waals surface area contributed by atoms with Crippen LogP contribution in [0.2, 0.25) is 0 Å². The lowest BCUT2D eigenvalue weighted by atomic mass is 10.3. The highest BCUT2D eigenvalue weighted by Gasteiger charge is 2.19. The minimum atomic E-state index is -0.928. The molecule has 1 rings (SSSR count). The van der Waals surface area contributed by atoms with E-state index in [0.29, 0.717) is 24.7 Å². The van der Waals surface area contributed by atoms with Gasteiger partial charge in [0.15, 0.2) is 0 Å². The van der Waals surface area contributed by atoms with E-state index < -0.39 is 11.9 Å². The van der Waals surface area contributed by atoms with Crippen LogP contribution in [0.1, 0.15) is 19.7 Å². The summed E-state index contributed by atoms with van der Waals surface area (Å²) >= 11 is 0. The molecule has 0 saturated carbocycles. The monoisotopic (exact) mass is 339 g/mol. The number of nitrogens with zero attached hydrogens (tertiary/aromatic N) is 5. The molecule has 0 fully saturated rings. The Morgan fingerprint density at radius 2 is 1.96 bits per heavy atom. The van der Waals surface area contributed by atoms with Gasteiger partial charge >= 0.3 is 11.9 Å². The first-order valence-corrected chi connectivity index (χ1v) is 7.59. The second-order valence-corrected chi connectivity index (χ2v) is 5.75. The highest BCUT2D eigenvalue weighted by molar-refractivity contribution is 5.87. The number of imidazole rings is 1. The number of rotatable bonds is 9. The molecule has 0 aliphatic carbocycles. The van der Waals surface area contributed by atoms with Crippen molar-refractivity contribution in [2.45, 2.75) is 33.0 Å². The molecule has 0 unspecified atom stereocenters. The minimum absolute atomic E-state index is 0.133. The first kappa shape index (κ1) is 19.6. The number of carboxylic acids is 2. The zero-order valence-electron chi connectivity index (χ0n) is 14.5. The summed E-state index contributed by atoms with van der Waals surface area (Å²) in [5.74, 6) is -0.570. The third-order valence-corrected chi connectivity index (χ3v) is 3.60. The topological polar surface area (TPSA) is 111 Å². The number of aliphatic imine (C=N–C) groups is 1. The molecule has 0 spiro atoms. The van der Waals surface area contributed by atoms with Crippen molar-refractivity contribution in [2.75, 3.05) is 27.2 Å². The van der Waals surface area contributed by atoms with Crippen molar-refractivity contribution in [3.63, 3.8) is 0 Å². The molecule has 9 heteroatoms. The zero-order valence-corrected chi connectivity index (χ0v) is 14.5. The summed E-state index contributed by atoms with van der Waals surface area (Å²) in [6.45, 7) is 4.63. The van der Waals surface area contributed by atoms with E-state index >= 15 is 0 Å². The molecule has 9 nitrogen and oxygen atoms in total. The molecule has 0 saturated heterocycles. The fraction of sp³-hybridized carbons (Fsp3) is 0.600. The van der Waals surface area contributed by atoms with Crippen LogP contribution in [0, 0.1) is 0 Å². The maximum Gasteiger partial charge on any atom is 0.323 e. The van der Waals surface area contributed by atoms with Crippen molar-refractivity contribution >= 4 is 17.8 Å². The van der Waals surface area contributed by atoms with E-state index in [0.717, 1.165) is 0 Å². The molecular formula is C15H25N5O4. The molecule has 134 valence electrons. The number of aromatic nitrogens is 2. The van der Waals surface area contributed by atoms with Gasteiger partial charge in [0.1, 0.15) is 24.7 Å². The average molecular weight is 339 g/mol. The van der Waals surface area contributed by atoms with Crippen LogP contribution in [0.25, 0.3) is 0 Å². The van der Waals surface area contributed by atoms with Gasteiger partial charge in [-0.1, -0.05) is 0 Å². The lowest BCUT2D eigenvalue weighted by molar-refractivity contribution is -0.138. The van der Waals surface area contributed by atoms with Crippen molar-refractivity contribution < 1.29 is 19.8 Å². The van der Waals surface area contributed by atoms with Crippen LogP contribution >= 0.6 is 0 Å². The summed E-state index contributed by atoms with van der Waals surface area (Å²) in [5, 5.41) is 17.9. The maximum atomic E-state index is 10.9. The second-order valence-electron chi connectivity index (χ2n) is 5.75. The lowest BCUT2D eigenvalue weighted by Gasteiger charge is -2.29. The molecule has 0 aliphatic rings. The molecule has 0 radical (unpaired) electrons. The number of aliphatic carboxylic acids is 2. The number of likely N-dealkylation sites (N-methyl/N-ethyl adjacent to an activating group) is 1. The predicted octanol–water partition coefficient (Wildman–Crippen LogP) is 0.223. The Bertz CT molecular complexity index is 596. The van der Waals surface area contributed by atoms with Crippen molar-refractivity contribution in [1.82, 2.24) is 19.4 Å². The predicted molar refractivity (Wildman–Crippen MR) is 89.0 cm³/mol. The van der Waals surface area contributed by atoms with Crippen LogP contribution in [0.15, 0.2) is 17.4 Å². The number of carboxylic acid groups (broad SMARTS) is 2. The quantitative estimate of drug-likeness (QED) is 0.489. The van der Waals surface area contributed by atoms with Crippen LogP contribution in [0.5, 0.6) is 0 Å². The Morgan fingerprint density at radius 3 is 2.46 bits per heavy atom. The van der Waals surface area contributed by atoms with Gasteiger partial charge in [-0.3, -0.25) is 19.5 Å². The molecule has 0 aromatic carbocycles. The second kappa shape index (κ2) is 9.02. The largest absolute Gasteiger partial charge is 0.480 e. The fourth-order valence-corrected chi connectivity index (χ4v) is 2.22. The standard InChI is InChI=1S/C15H25N5O4/c1-11(2)20(7-12(16-3)18(4)9-14(21)22)8-13-17-5-6-19(13)10-15(23)24/h5-6,11H,7-10H2,1-4H3,(H,21,22)(H,23,24). The van der Waals surface area contributed by atoms with E-state index in [2.05, 4.69) is 14.9 Å². The van der Waals surface area contributed by atoms with E-state index in [-0.39, 0.29) is 19.1 Å². The summed E-state index contributed by atoms with van der Waals surface area (Å²) in [7, 11) is 3.30. The molecule has 1 aromatic rings. The first-order chi connectivity index (χ1) is 11.2. The summed E-state index contributed by atoms with van der Waals surface area (Å²) in [6.07, 6.45) is 3.20. The molecule has 1 heterocycles. The van der Waals surface area contributed by atoms with Gasteiger partial charge in [-0.15, -0.1) is 0 Å². The average Bonchev–Trinajstić information content (AvgIpc) is 2.88. The van der Waals surface area contributed by atoms with Gasteiger partial charge in [-0.2, -0.15) is 0 Å². The Labute approximate surface area is 141 Å². The summed E-state index contributed by atoms with van der Waals surface area (Å²) in [6, 6.07) is 0.148. The van der Waals surface area contributed by atoms with Crippen molar-refractivity contribution in [1.29, 1.82) is 0 Å². The molecule has 1 aromatic heterocycles. The highest BCUT2D eigenvalue weighted by Crippen LogP contribution is 2.08. The summed E-state index contributed by atoms with van der Waals surface area (Å²) in [5.41, 5.74) is 0. The molecular weight excluding hydrogens is 314 g/mol. The normalized spacial score (nSPS) is 12.0. The van der Waals surface area contributed by atoms with Crippen molar-refractivity contribution in [3.8, 4) is 0 Å². The van der Waals surface area contributed by atoms with Gasteiger partial charge in [0.25, 0.3) is 0 Å². The van der Waals surface area contributed by atoms with E-state index in [9.17, 15) is 9.59 Å². The third-order valence-electron chi connectivity index (χ3n) is 3.60. The van der Waals surface area contributed by atoms with Gasteiger partial charge in [0, 0.05) is 32.5 Å². The van der Waals surface area contributed by atoms with E-state index in [1.165, 1.54) is 0 Å². The van der Waals surface area contributed by atoms with E-state index in [1.807, 2.05) is 13.8 Å². The number of carbonyl (C=O) groups is 2. The summed E-state index contributed by atoms with van der Waals surface area (Å²) < 4.78 is 1.58. The van der Waals surface area contributed by atoms with Crippen molar-refractivity contribution in [2.24, 2.45) is 4.99 Å². The fourth-order valence-electron chi connectivity index (χ4n) is 2.22. The van der Waals surface area contributed by atoms with Crippen LogP contribution in [-0.4, -0.2) is 80.6 Å². The number of hydrogen-bond donors (Lipinski definition) is 2. The van der Waals surface area contributed by atoms with Gasteiger partial charge in [-0.05, 0) is 13.8 Å². The van der Waals surface area contributed by atoms with Crippen molar-refractivity contribution in [3.05, 3.63) is 18.2 Å². The number of amidine groups is 1. The highest BCUT2D eigenvalue weighted by atomic mass is 16.4.